The van der Waals surface area contributed by atoms with E-state index in [4.69, 9.17) is 5.26 Å². The second-order valence-corrected chi connectivity index (χ2v) is 4.73. The van der Waals surface area contributed by atoms with E-state index in [9.17, 15) is 26.7 Å². The molecule has 0 aliphatic heterocycles. The number of nitrogens with zero attached hydrogens (tertiary/aromatic N) is 1. The molecule has 0 saturated carbocycles. The van der Waals surface area contributed by atoms with Crippen LogP contribution >= 0.6 is 11.8 Å². The summed E-state index contributed by atoms with van der Waals surface area (Å²) < 4.78 is 67.8. The Bertz CT molecular complexity index is 580. The Hall–Kier alpha value is -1.82. The number of nitriles is 1. The second kappa shape index (κ2) is 6.76. The van der Waals surface area contributed by atoms with Gasteiger partial charge in [-0.3, -0.25) is 0 Å². The van der Waals surface area contributed by atoms with Crippen molar-refractivity contribution in [3.8, 4) is 6.07 Å². The lowest BCUT2D eigenvalue weighted by Gasteiger charge is -2.14. The maximum Gasteiger partial charge on any atom is 0.446 e. The van der Waals surface area contributed by atoms with Crippen LogP contribution in [0.15, 0.2) is 17.0 Å². The summed E-state index contributed by atoms with van der Waals surface area (Å²) in [5, 5.41) is 8.70. The van der Waals surface area contributed by atoms with Gasteiger partial charge in [0.15, 0.2) is 0 Å². The molecule has 0 aliphatic rings. The number of esters is 1. The van der Waals surface area contributed by atoms with Gasteiger partial charge in [0, 0.05) is 10.5 Å². The maximum absolute atomic E-state index is 12.9. The number of hydrogen-bond donors (Lipinski definition) is 0. The number of carbonyl (C=O) groups excluding carboxylic acids is 1. The molecular weight excluding hydrogens is 317 g/mol. The second-order valence-electron chi connectivity index (χ2n) is 3.62. The number of hydrogen-bond acceptors (Lipinski definition) is 4. The summed E-state index contributed by atoms with van der Waals surface area (Å²) in [6, 6.07) is 2.89. The van der Waals surface area contributed by atoms with Gasteiger partial charge in [0.2, 0.25) is 0 Å². The van der Waals surface area contributed by atoms with Crippen LogP contribution in [0.4, 0.5) is 22.0 Å². The first kappa shape index (κ1) is 17.2. The van der Waals surface area contributed by atoms with E-state index >= 15 is 0 Å². The van der Waals surface area contributed by atoms with Gasteiger partial charge < -0.3 is 4.74 Å². The fourth-order valence-corrected chi connectivity index (χ4v) is 2.24. The minimum atomic E-state index is -4.80. The zero-order valence-corrected chi connectivity index (χ0v) is 11.3. The zero-order chi connectivity index (χ0) is 16.2. The molecule has 0 N–H and O–H groups in total. The molecule has 0 saturated heterocycles. The number of thioether (sulfide) groups is 1. The van der Waals surface area contributed by atoms with Crippen LogP contribution in [0.5, 0.6) is 0 Å². The van der Waals surface area contributed by atoms with E-state index in [1.165, 1.54) is 13.0 Å². The molecule has 1 aromatic carbocycles. The van der Waals surface area contributed by atoms with Gasteiger partial charge in [-0.05, 0) is 30.8 Å². The third kappa shape index (κ3) is 4.60. The molecule has 0 bridgehead atoms. The van der Waals surface area contributed by atoms with Crippen LogP contribution in [-0.2, 0) is 4.74 Å². The predicted octanol–water partition coefficient (Wildman–Crippen LogP) is 4.28. The van der Waals surface area contributed by atoms with E-state index in [2.05, 4.69) is 4.74 Å². The Morgan fingerprint density at radius 2 is 2.05 bits per heavy atom. The van der Waals surface area contributed by atoms with Crippen LogP contribution in [0.3, 0.4) is 0 Å². The highest BCUT2D eigenvalue weighted by molar-refractivity contribution is 8.00. The molecular formula is C12H8F5NO2S. The molecule has 0 heterocycles. The van der Waals surface area contributed by atoms with Gasteiger partial charge in [-0.1, -0.05) is 0 Å². The zero-order valence-electron chi connectivity index (χ0n) is 10.5. The lowest BCUT2D eigenvalue weighted by atomic mass is 10.0. The molecule has 0 radical (unpaired) electrons. The highest BCUT2D eigenvalue weighted by Crippen LogP contribution is 2.41. The Morgan fingerprint density at radius 3 is 2.48 bits per heavy atom. The molecule has 114 valence electrons. The van der Waals surface area contributed by atoms with Crippen molar-refractivity contribution in [3.05, 3.63) is 28.8 Å². The minimum absolute atomic E-state index is 0.183. The molecule has 0 spiro atoms. The summed E-state index contributed by atoms with van der Waals surface area (Å²) >= 11 is -0.743. The van der Waals surface area contributed by atoms with Crippen LogP contribution in [0.1, 0.15) is 34.8 Å². The maximum atomic E-state index is 12.9. The highest BCUT2D eigenvalue weighted by Gasteiger charge is 2.34. The SMILES string of the molecule is CCOC(=O)c1c(SC(F)(F)F)cc(C#N)cc1C(F)F. The van der Waals surface area contributed by atoms with E-state index in [1.54, 1.807) is 0 Å². The van der Waals surface area contributed by atoms with Crippen molar-refractivity contribution >= 4 is 17.7 Å². The van der Waals surface area contributed by atoms with Gasteiger partial charge in [-0.25, -0.2) is 13.6 Å². The number of halogens is 5. The topological polar surface area (TPSA) is 50.1 Å². The number of carbonyl (C=O) groups is 1. The van der Waals surface area contributed by atoms with E-state index in [-0.39, 0.29) is 6.61 Å². The van der Waals surface area contributed by atoms with Crippen LogP contribution in [0, 0.1) is 11.3 Å². The number of alkyl halides is 5. The van der Waals surface area contributed by atoms with Gasteiger partial charge in [-0.2, -0.15) is 18.4 Å². The Balaban J connectivity index is 3.53. The fourth-order valence-electron chi connectivity index (χ4n) is 1.50. The van der Waals surface area contributed by atoms with Gasteiger partial charge in [0.25, 0.3) is 6.43 Å². The number of benzene rings is 1. The molecule has 9 heteroatoms. The molecule has 0 amide bonds. The molecule has 0 unspecified atom stereocenters. The number of ether oxygens (including phenoxy) is 1. The van der Waals surface area contributed by atoms with E-state index in [1.807, 2.05) is 0 Å². The summed E-state index contributed by atoms with van der Waals surface area (Å²) in [7, 11) is 0. The molecule has 1 aromatic rings. The Morgan fingerprint density at radius 1 is 1.43 bits per heavy atom. The Kier molecular flexibility index (Phi) is 5.54. The summed E-state index contributed by atoms with van der Waals surface area (Å²) in [5.74, 6) is -1.29. The molecule has 3 nitrogen and oxygen atoms in total. The third-order valence-electron chi connectivity index (χ3n) is 2.20. The smallest absolute Gasteiger partial charge is 0.446 e. The van der Waals surface area contributed by atoms with Gasteiger partial charge >= 0.3 is 11.5 Å². The largest absolute Gasteiger partial charge is 0.462 e. The monoisotopic (exact) mass is 325 g/mol. The quantitative estimate of drug-likeness (QED) is 0.471. The van der Waals surface area contributed by atoms with Crippen molar-refractivity contribution in [1.82, 2.24) is 0 Å². The first-order chi connectivity index (χ1) is 9.69. The minimum Gasteiger partial charge on any atom is -0.462 e. The lowest BCUT2D eigenvalue weighted by molar-refractivity contribution is -0.0328. The molecule has 0 aliphatic carbocycles. The molecule has 0 aromatic heterocycles. The highest BCUT2D eigenvalue weighted by atomic mass is 32.2. The number of rotatable bonds is 4. The average molecular weight is 325 g/mol. The third-order valence-corrected chi connectivity index (χ3v) is 2.98. The molecule has 21 heavy (non-hydrogen) atoms. The van der Waals surface area contributed by atoms with E-state index in [0.29, 0.717) is 6.07 Å². The summed E-state index contributed by atoms with van der Waals surface area (Å²) in [6.07, 6.45) is -3.22. The molecule has 0 fully saturated rings. The van der Waals surface area contributed by atoms with Crippen LogP contribution in [0.2, 0.25) is 0 Å². The van der Waals surface area contributed by atoms with E-state index in [0.717, 1.165) is 6.07 Å². The standard InChI is InChI=1S/C12H8F5NO2S/c1-2-20-11(19)9-7(10(13)14)3-6(5-18)4-8(9)21-12(15,16)17/h3-4,10H,2H2,1H3. The first-order valence-corrected chi connectivity index (χ1v) is 6.30. The molecule has 1 rings (SSSR count). The summed E-state index contributed by atoms with van der Waals surface area (Å²) in [6.45, 7) is 1.21. The van der Waals surface area contributed by atoms with Crippen LogP contribution < -0.4 is 0 Å². The first-order valence-electron chi connectivity index (χ1n) is 5.48. The average Bonchev–Trinajstić information content (AvgIpc) is 2.35. The van der Waals surface area contributed by atoms with Crippen molar-refractivity contribution in [2.75, 3.05) is 6.61 Å². The predicted molar refractivity (Wildman–Crippen MR) is 64.0 cm³/mol. The van der Waals surface area contributed by atoms with Gasteiger partial charge in [-0.15, -0.1) is 0 Å². The van der Waals surface area contributed by atoms with Gasteiger partial charge in [0.1, 0.15) is 0 Å². The normalized spacial score (nSPS) is 11.3. The summed E-state index contributed by atoms with van der Waals surface area (Å²) in [5.41, 5.74) is -7.02. The van der Waals surface area contributed by atoms with Crippen LogP contribution in [0.25, 0.3) is 0 Å². The van der Waals surface area contributed by atoms with Crippen molar-refractivity contribution in [3.63, 3.8) is 0 Å². The lowest BCUT2D eigenvalue weighted by Crippen LogP contribution is -2.12. The van der Waals surface area contributed by atoms with Crippen LogP contribution in [-0.4, -0.2) is 18.1 Å². The fraction of sp³-hybridized carbons (Fsp3) is 0.333. The van der Waals surface area contributed by atoms with E-state index < -0.39 is 51.3 Å². The van der Waals surface area contributed by atoms with Crippen molar-refractivity contribution in [2.45, 2.75) is 23.8 Å². The molecule has 0 atom stereocenters. The summed E-state index contributed by atoms with van der Waals surface area (Å²) in [4.78, 5) is 10.9. The Labute approximate surface area is 120 Å². The van der Waals surface area contributed by atoms with Gasteiger partial charge in [0.05, 0.1) is 23.8 Å². The van der Waals surface area contributed by atoms with Crippen molar-refractivity contribution < 1.29 is 31.5 Å². The van der Waals surface area contributed by atoms with Crippen molar-refractivity contribution in [1.29, 1.82) is 5.26 Å². The van der Waals surface area contributed by atoms with Crippen molar-refractivity contribution in [2.24, 2.45) is 0 Å².